The van der Waals surface area contributed by atoms with Gasteiger partial charge in [-0.25, -0.2) is 4.98 Å². The Balaban J connectivity index is 1.65. The first kappa shape index (κ1) is 15.2. The van der Waals surface area contributed by atoms with E-state index in [-0.39, 0.29) is 5.91 Å². The molecule has 1 aliphatic carbocycles. The second-order valence-corrected chi connectivity index (χ2v) is 7.03. The molecule has 2 N–H and O–H groups in total. The van der Waals surface area contributed by atoms with Crippen molar-refractivity contribution in [3.8, 4) is 0 Å². The molecule has 0 atom stereocenters. The van der Waals surface area contributed by atoms with Crippen LogP contribution >= 0.6 is 11.3 Å². The van der Waals surface area contributed by atoms with Crippen LogP contribution in [0.3, 0.4) is 0 Å². The molecule has 116 valence electrons. The lowest BCUT2D eigenvalue weighted by Crippen LogP contribution is -2.47. The monoisotopic (exact) mass is 316 g/mol. The van der Waals surface area contributed by atoms with Gasteiger partial charge in [-0.3, -0.25) is 4.79 Å². The number of carbonyl (C=O) groups is 1. The average molecular weight is 316 g/mol. The summed E-state index contributed by atoms with van der Waals surface area (Å²) < 4.78 is 0. The minimum absolute atomic E-state index is 0.130. The van der Waals surface area contributed by atoms with Gasteiger partial charge in [-0.1, -0.05) is 30.3 Å². The van der Waals surface area contributed by atoms with E-state index in [0.717, 1.165) is 36.4 Å². The van der Waals surface area contributed by atoms with Crippen LogP contribution in [0.15, 0.2) is 30.3 Å². The number of nitrogens with one attached hydrogen (secondary N) is 1. The second kappa shape index (κ2) is 6.18. The number of benzene rings is 1. The molecule has 1 amide bonds. The highest BCUT2D eigenvalue weighted by molar-refractivity contribution is 7.13. The molecule has 1 aromatic carbocycles. The Morgan fingerprint density at radius 2 is 2.09 bits per heavy atom. The smallest absolute Gasteiger partial charge is 0.263 e. The molecule has 1 aromatic heterocycles. The Bertz CT molecular complexity index is 663. The van der Waals surface area contributed by atoms with Crippen molar-refractivity contribution < 1.29 is 9.90 Å². The number of amides is 1. The molecule has 1 saturated carbocycles. The van der Waals surface area contributed by atoms with Gasteiger partial charge in [0.25, 0.3) is 5.91 Å². The van der Waals surface area contributed by atoms with Gasteiger partial charge in [-0.2, -0.15) is 0 Å². The Morgan fingerprint density at radius 3 is 2.73 bits per heavy atom. The van der Waals surface area contributed by atoms with Gasteiger partial charge in [0.2, 0.25) is 0 Å². The topological polar surface area (TPSA) is 62.2 Å². The molecule has 0 unspecified atom stereocenters. The fourth-order valence-electron chi connectivity index (χ4n) is 2.60. The maximum absolute atomic E-state index is 12.3. The van der Waals surface area contributed by atoms with Crippen LogP contribution in [0.5, 0.6) is 0 Å². The summed E-state index contributed by atoms with van der Waals surface area (Å²) in [6.45, 7) is 2.19. The van der Waals surface area contributed by atoms with Gasteiger partial charge in [-0.15, -0.1) is 11.3 Å². The number of hydrogen-bond donors (Lipinski definition) is 2. The predicted molar refractivity (Wildman–Crippen MR) is 87.2 cm³/mol. The zero-order valence-corrected chi connectivity index (χ0v) is 13.4. The first-order valence-electron chi connectivity index (χ1n) is 7.57. The van der Waals surface area contributed by atoms with E-state index < -0.39 is 5.60 Å². The third kappa shape index (κ3) is 3.36. The number of carbonyl (C=O) groups excluding carboxylic acids is 1. The lowest BCUT2D eigenvalue weighted by molar-refractivity contribution is -0.0300. The van der Waals surface area contributed by atoms with E-state index in [2.05, 4.69) is 22.4 Å². The number of hydrogen-bond acceptors (Lipinski definition) is 4. The largest absolute Gasteiger partial charge is 0.388 e. The third-order valence-electron chi connectivity index (χ3n) is 4.11. The first-order valence-corrected chi connectivity index (χ1v) is 8.38. The minimum atomic E-state index is -0.693. The average Bonchev–Trinajstić information content (AvgIpc) is 2.84. The summed E-state index contributed by atoms with van der Waals surface area (Å²) in [6, 6.07) is 10.1. The van der Waals surface area contributed by atoms with Crippen LogP contribution in [0.4, 0.5) is 0 Å². The van der Waals surface area contributed by atoms with Crippen LogP contribution in [0.1, 0.15) is 45.2 Å². The van der Waals surface area contributed by atoms with Gasteiger partial charge in [0.05, 0.1) is 16.3 Å². The van der Waals surface area contributed by atoms with Gasteiger partial charge in [0.15, 0.2) is 0 Å². The number of rotatable bonds is 5. The SMILES string of the molecule is Cc1nc(Cc2ccccc2)sc1C(=O)NCC1(O)CCC1. The normalized spacial score (nSPS) is 16.1. The standard InChI is InChI=1S/C17H20N2O2S/c1-12-15(16(20)18-11-17(21)8-5-9-17)22-14(19-12)10-13-6-3-2-4-7-13/h2-4,6-7,21H,5,8-11H2,1H3,(H,18,20). The summed E-state index contributed by atoms with van der Waals surface area (Å²) in [4.78, 5) is 17.4. The Morgan fingerprint density at radius 1 is 1.36 bits per heavy atom. The van der Waals surface area contributed by atoms with Crippen LogP contribution in [0.2, 0.25) is 0 Å². The van der Waals surface area contributed by atoms with Crippen molar-refractivity contribution in [2.24, 2.45) is 0 Å². The van der Waals surface area contributed by atoms with E-state index >= 15 is 0 Å². The van der Waals surface area contributed by atoms with E-state index in [1.807, 2.05) is 25.1 Å². The molecule has 1 heterocycles. The summed E-state index contributed by atoms with van der Waals surface area (Å²) in [5, 5.41) is 13.8. The highest BCUT2D eigenvalue weighted by Crippen LogP contribution is 2.30. The van der Waals surface area contributed by atoms with Crippen LogP contribution < -0.4 is 5.32 Å². The summed E-state index contributed by atoms with van der Waals surface area (Å²) in [5.41, 5.74) is 1.25. The van der Waals surface area contributed by atoms with Gasteiger partial charge in [-0.05, 0) is 31.7 Å². The molecule has 0 spiro atoms. The predicted octanol–water partition coefficient (Wildman–Crippen LogP) is 2.69. The van der Waals surface area contributed by atoms with Crippen molar-refractivity contribution in [2.45, 2.75) is 38.2 Å². The van der Waals surface area contributed by atoms with Crippen molar-refractivity contribution in [3.05, 3.63) is 51.5 Å². The molecule has 3 rings (SSSR count). The fraction of sp³-hybridized carbons (Fsp3) is 0.412. The molecule has 1 aliphatic rings. The molecule has 4 nitrogen and oxygen atoms in total. The van der Waals surface area contributed by atoms with E-state index in [0.29, 0.717) is 11.4 Å². The van der Waals surface area contributed by atoms with Crippen molar-refractivity contribution in [2.75, 3.05) is 6.54 Å². The maximum Gasteiger partial charge on any atom is 0.263 e. The maximum atomic E-state index is 12.3. The molecule has 0 radical (unpaired) electrons. The molecule has 0 aliphatic heterocycles. The van der Waals surface area contributed by atoms with E-state index in [1.165, 1.54) is 16.9 Å². The minimum Gasteiger partial charge on any atom is -0.388 e. The van der Waals surface area contributed by atoms with Crippen molar-refractivity contribution in [3.63, 3.8) is 0 Å². The molecular weight excluding hydrogens is 296 g/mol. The number of nitrogens with zero attached hydrogens (tertiary/aromatic N) is 1. The molecule has 5 heteroatoms. The lowest BCUT2D eigenvalue weighted by Gasteiger charge is -2.36. The molecule has 2 aromatic rings. The first-order chi connectivity index (χ1) is 10.6. The second-order valence-electron chi connectivity index (χ2n) is 5.95. The molecule has 22 heavy (non-hydrogen) atoms. The van der Waals surface area contributed by atoms with Crippen LogP contribution in [-0.2, 0) is 6.42 Å². The summed E-state index contributed by atoms with van der Waals surface area (Å²) in [7, 11) is 0. The van der Waals surface area contributed by atoms with Gasteiger partial charge >= 0.3 is 0 Å². The van der Waals surface area contributed by atoms with Gasteiger partial charge in [0.1, 0.15) is 4.88 Å². The van der Waals surface area contributed by atoms with E-state index in [1.54, 1.807) is 0 Å². The highest BCUT2D eigenvalue weighted by atomic mass is 32.1. The van der Waals surface area contributed by atoms with E-state index in [4.69, 9.17) is 0 Å². The summed E-state index contributed by atoms with van der Waals surface area (Å²) in [6.07, 6.45) is 3.32. The quantitative estimate of drug-likeness (QED) is 0.891. The summed E-state index contributed by atoms with van der Waals surface area (Å²) >= 11 is 1.43. The Labute approximate surface area is 134 Å². The van der Waals surface area contributed by atoms with Crippen molar-refractivity contribution in [1.82, 2.24) is 10.3 Å². The van der Waals surface area contributed by atoms with Gasteiger partial charge in [0, 0.05) is 13.0 Å². The van der Waals surface area contributed by atoms with E-state index in [9.17, 15) is 9.90 Å². The third-order valence-corrected chi connectivity index (χ3v) is 5.26. The molecule has 0 saturated heterocycles. The number of aryl methyl sites for hydroxylation is 1. The van der Waals surface area contributed by atoms with Crippen LogP contribution in [-0.4, -0.2) is 28.1 Å². The zero-order valence-electron chi connectivity index (χ0n) is 12.6. The fourth-order valence-corrected chi connectivity index (χ4v) is 3.61. The van der Waals surface area contributed by atoms with Crippen molar-refractivity contribution >= 4 is 17.2 Å². The number of aromatic nitrogens is 1. The summed E-state index contributed by atoms with van der Waals surface area (Å²) in [5.74, 6) is -0.130. The molecule has 1 fully saturated rings. The Kier molecular flexibility index (Phi) is 4.27. The zero-order chi connectivity index (χ0) is 15.6. The van der Waals surface area contributed by atoms with Crippen LogP contribution in [0, 0.1) is 6.92 Å². The molecular formula is C17H20N2O2S. The van der Waals surface area contributed by atoms with Gasteiger partial charge < -0.3 is 10.4 Å². The van der Waals surface area contributed by atoms with Crippen LogP contribution in [0.25, 0.3) is 0 Å². The molecule has 0 bridgehead atoms. The Hall–Kier alpha value is -1.72. The number of aliphatic hydroxyl groups is 1. The highest BCUT2D eigenvalue weighted by Gasteiger charge is 2.34. The lowest BCUT2D eigenvalue weighted by atomic mass is 9.80. The van der Waals surface area contributed by atoms with Crippen molar-refractivity contribution in [1.29, 1.82) is 0 Å². The number of thiazole rings is 1.